The highest BCUT2D eigenvalue weighted by Gasteiger charge is 2.06. The van der Waals surface area contributed by atoms with Crippen LogP contribution in [0, 0.1) is 18.3 Å². The highest BCUT2D eigenvalue weighted by atomic mass is 79.9. The lowest BCUT2D eigenvalue weighted by atomic mass is 10.2. The van der Waals surface area contributed by atoms with E-state index in [9.17, 15) is 4.79 Å². The van der Waals surface area contributed by atoms with Gasteiger partial charge in [-0.25, -0.2) is 0 Å². The van der Waals surface area contributed by atoms with Crippen molar-refractivity contribution in [3.63, 3.8) is 0 Å². The molecular weight excluding hydrogens is 330 g/mol. The summed E-state index contributed by atoms with van der Waals surface area (Å²) in [5, 5.41) is 14.8. The number of nitriles is 1. The van der Waals surface area contributed by atoms with E-state index in [0.29, 0.717) is 11.3 Å². The lowest BCUT2D eigenvalue weighted by Gasteiger charge is -2.09. The molecule has 0 spiro atoms. The second-order valence-electron chi connectivity index (χ2n) is 4.57. The lowest BCUT2D eigenvalue weighted by molar-refractivity contribution is -0.114. The summed E-state index contributed by atoms with van der Waals surface area (Å²) in [6.07, 6.45) is 0. The average Bonchev–Trinajstić information content (AvgIpc) is 2.45. The Bertz CT molecular complexity index is 707. The molecule has 2 N–H and O–H groups in total. The Hall–Kier alpha value is -2.32. The van der Waals surface area contributed by atoms with E-state index in [1.807, 2.05) is 37.3 Å². The number of benzene rings is 2. The Morgan fingerprint density at radius 1 is 1.29 bits per heavy atom. The molecule has 0 saturated carbocycles. The molecule has 0 fully saturated rings. The zero-order chi connectivity index (χ0) is 15.2. The summed E-state index contributed by atoms with van der Waals surface area (Å²) >= 11 is 3.31. The minimum Gasteiger partial charge on any atom is -0.375 e. The van der Waals surface area contributed by atoms with E-state index >= 15 is 0 Å². The molecule has 0 heterocycles. The second-order valence-corrected chi connectivity index (χ2v) is 5.49. The Labute approximate surface area is 131 Å². The molecule has 0 aromatic heterocycles. The molecule has 2 aromatic carbocycles. The molecule has 4 nitrogen and oxygen atoms in total. The highest BCUT2D eigenvalue weighted by molar-refractivity contribution is 9.10. The summed E-state index contributed by atoms with van der Waals surface area (Å²) in [6.45, 7) is 2.07. The molecule has 2 rings (SSSR count). The molecule has 0 aliphatic heterocycles. The molecule has 0 bridgehead atoms. The van der Waals surface area contributed by atoms with Crippen molar-refractivity contribution in [2.24, 2.45) is 0 Å². The van der Waals surface area contributed by atoms with Crippen molar-refractivity contribution < 1.29 is 4.79 Å². The zero-order valence-corrected chi connectivity index (χ0v) is 13.1. The summed E-state index contributed by atoms with van der Waals surface area (Å²) in [4.78, 5) is 11.9. The van der Waals surface area contributed by atoms with Crippen molar-refractivity contribution >= 4 is 33.2 Å². The van der Waals surface area contributed by atoms with Crippen LogP contribution in [0.1, 0.15) is 11.1 Å². The maximum atomic E-state index is 11.9. The standard InChI is InChI=1S/C16H14BrN3O/c1-11-3-2-4-14(7-11)20-16(21)10-19-15-6-5-13(17)8-12(15)9-18/h2-8,19H,10H2,1H3,(H,20,21). The Kier molecular flexibility index (Phi) is 4.96. The van der Waals surface area contributed by atoms with E-state index in [1.165, 1.54) is 0 Å². The van der Waals surface area contributed by atoms with Crippen molar-refractivity contribution in [1.29, 1.82) is 5.26 Å². The molecule has 0 atom stereocenters. The number of nitrogens with zero attached hydrogens (tertiary/aromatic N) is 1. The van der Waals surface area contributed by atoms with Crippen molar-refractivity contribution in [1.82, 2.24) is 0 Å². The van der Waals surface area contributed by atoms with Gasteiger partial charge < -0.3 is 10.6 Å². The third-order valence-corrected chi connectivity index (χ3v) is 3.34. The number of hydrogen-bond acceptors (Lipinski definition) is 3. The Balaban J connectivity index is 1.97. The molecule has 0 unspecified atom stereocenters. The first kappa shape index (κ1) is 15.1. The van der Waals surface area contributed by atoms with Gasteiger partial charge in [0, 0.05) is 10.2 Å². The summed E-state index contributed by atoms with van der Waals surface area (Å²) in [5.74, 6) is -0.160. The van der Waals surface area contributed by atoms with E-state index in [4.69, 9.17) is 5.26 Å². The van der Waals surface area contributed by atoms with Crippen molar-refractivity contribution in [3.05, 3.63) is 58.1 Å². The number of carbonyl (C=O) groups excluding carboxylic acids is 1. The fourth-order valence-corrected chi connectivity index (χ4v) is 2.23. The van der Waals surface area contributed by atoms with Crippen LogP contribution in [0.5, 0.6) is 0 Å². The largest absolute Gasteiger partial charge is 0.375 e. The van der Waals surface area contributed by atoms with E-state index < -0.39 is 0 Å². The average molecular weight is 344 g/mol. The van der Waals surface area contributed by atoms with Gasteiger partial charge in [0.05, 0.1) is 17.8 Å². The first-order valence-corrected chi connectivity index (χ1v) is 7.18. The Morgan fingerprint density at radius 2 is 2.10 bits per heavy atom. The third-order valence-electron chi connectivity index (χ3n) is 2.84. The smallest absolute Gasteiger partial charge is 0.243 e. The SMILES string of the molecule is Cc1cccc(NC(=O)CNc2ccc(Br)cc2C#N)c1. The molecule has 0 radical (unpaired) electrons. The number of aryl methyl sites for hydroxylation is 1. The van der Waals surface area contributed by atoms with Crippen LogP contribution >= 0.6 is 15.9 Å². The molecule has 2 aromatic rings. The van der Waals surface area contributed by atoms with E-state index in [0.717, 1.165) is 15.7 Å². The van der Waals surface area contributed by atoms with Gasteiger partial charge in [0.25, 0.3) is 0 Å². The Morgan fingerprint density at radius 3 is 2.81 bits per heavy atom. The predicted molar refractivity (Wildman–Crippen MR) is 87.2 cm³/mol. The minimum atomic E-state index is -0.160. The van der Waals surface area contributed by atoms with Gasteiger partial charge in [-0.15, -0.1) is 0 Å². The van der Waals surface area contributed by atoms with Gasteiger partial charge in [0.2, 0.25) is 5.91 Å². The second kappa shape index (κ2) is 6.91. The summed E-state index contributed by atoms with van der Waals surface area (Å²) < 4.78 is 0.828. The molecule has 0 aliphatic carbocycles. The highest BCUT2D eigenvalue weighted by Crippen LogP contribution is 2.20. The number of anilines is 2. The molecule has 106 valence electrons. The summed E-state index contributed by atoms with van der Waals surface area (Å²) in [6, 6.07) is 15.0. The summed E-state index contributed by atoms with van der Waals surface area (Å²) in [5.41, 5.74) is 2.98. The molecule has 1 amide bonds. The van der Waals surface area contributed by atoms with Crippen molar-refractivity contribution in [2.45, 2.75) is 6.92 Å². The molecule has 0 saturated heterocycles. The van der Waals surface area contributed by atoms with E-state index in [2.05, 4.69) is 32.6 Å². The number of nitrogens with one attached hydrogen (secondary N) is 2. The number of hydrogen-bond donors (Lipinski definition) is 2. The van der Waals surface area contributed by atoms with Crippen LogP contribution in [0.15, 0.2) is 46.9 Å². The number of carbonyl (C=O) groups is 1. The molecule has 21 heavy (non-hydrogen) atoms. The quantitative estimate of drug-likeness (QED) is 0.889. The first-order chi connectivity index (χ1) is 10.1. The topological polar surface area (TPSA) is 64.9 Å². The molecule has 0 aliphatic rings. The van der Waals surface area contributed by atoms with Gasteiger partial charge in [0.1, 0.15) is 6.07 Å². The fourth-order valence-electron chi connectivity index (χ4n) is 1.87. The van der Waals surface area contributed by atoms with Gasteiger partial charge in [-0.1, -0.05) is 28.1 Å². The predicted octanol–water partition coefficient (Wildman–Crippen LogP) is 3.68. The molecular formula is C16H14BrN3O. The number of halogens is 1. The monoisotopic (exact) mass is 343 g/mol. The third kappa shape index (κ3) is 4.33. The summed E-state index contributed by atoms with van der Waals surface area (Å²) in [7, 11) is 0. The van der Waals surface area contributed by atoms with Gasteiger partial charge in [-0.3, -0.25) is 4.79 Å². The fraction of sp³-hybridized carbons (Fsp3) is 0.125. The lowest BCUT2D eigenvalue weighted by Crippen LogP contribution is -2.22. The van der Waals surface area contributed by atoms with E-state index in [-0.39, 0.29) is 12.5 Å². The van der Waals surface area contributed by atoms with Gasteiger partial charge in [-0.2, -0.15) is 5.26 Å². The van der Waals surface area contributed by atoms with Crippen LogP contribution in [0.2, 0.25) is 0 Å². The van der Waals surface area contributed by atoms with Crippen molar-refractivity contribution in [3.8, 4) is 6.07 Å². The van der Waals surface area contributed by atoms with Gasteiger partial charge >= 0.3 is 0 Å². The van der Waals surface area contributed by atoms with Crippen LogP contribution in [0.4, 0.5) is 11.4 Å². The van der Waals surface area contributed by atoms with Crippen LogP contribution in [-0.4, -0.2) is 12.5 Å². The minimum absolute atomic E-state index is 0.101. The normalized spacial score (nSPS) is 9.76. The van der Waals surface area contributed by atoms with Gasteiger partial charge in [0.15, 0.2) is 0 Å². The maximum absolute atomic E-state index is 11.9. The number of amides is 1. The van der Waals surface area contributed by atoms with Crippen LogP contribution in [-0.2, 0) is 4.79 Å². The first-order valence-electron chi connectivity index (χ1n) is 6.38. The van der Waals surface area contributed by atoms with Crippen LogP contribution in [0.3, 0.4) is 0 Å². The van der Waals surface area contributed by atoms with Crippen molar-refractivity contribution in [2.75, 3.05) is 17.2 Å². The zero-order valence-electron chi connectivity index (χ0n) is 11.5. The molecule has 5 heteroatoms. The van der Waals surface area contributed by atoms with Crippen LogP contribution in [0.25, 0.3) is 0 Å². The maximum Gasteiger partial charge on any atom is 0.243 e. The van der Waals surface area contributed by atoms with Crippen LogP contribution < -0.4 is 10.6 Å². The van der Waals surface area contributed by atoms with Gasteiger partial charge in [-0.05, 0) is 42.8 Å². The van der Waals surface area contributed by atoms with E-state index in [1.54, 1.807) is 12.1 Å². The number of rotatable bonds is 4.